The molecule has 6 heteroatoms. The number of amides is 1. The van der Waals surface area contributed by atoms with Gasteiger partial charge in [-0.3, -0.25) is 4.79 Å². The molecular formula is C21H23BrN2O3. The first-order chi connectivity index (χ1) is 13.1. The SMILES string of the molecule is COc1ccc(N2CCN(C(=O)C=Cc3ccc(OC)c(Br)c3)CC2)cc1. The maximum Gasteiger partial charge on any atom is 0.246 e. The van der Waals surface area contributed by atoms with Crippen LogP contribution in [0.5, 0.6) is 11.5 Å². The van der Waals surface area contributed by atoms with Crippen molar-refractivity contribution in [3.05, 3.63) is 58.6 Å². The number of ether oxygens (including phenoxy) is 2. The minimum Gasteiger partial charge on any atom is -0.497 e. The molecule has 1 fully saturated rings. The molecule has 1 aliphatic rings. The van der Waals surface area contributed by atoms with Gasteiger partial charge in [-0.15, -0.1) is 0 Å². The fourth-order valence-electron chi connectivity index (χ4n) is 3.04. The summed E-state index contributed by atoms with van der Waals surface area (Å²) < 4.78 is 11.3. The molecule has 0 aromatic heterocycles. The molecule has 1 heterocycles. The van der Waals surface area contributed by atoms with Crippen molar-refractivity contribution in [1.82, 2.24) is 4.90 Å². The lowest BCUT2D eigenvalue weighted by atomic mass is 10.2. The van der Waals surface area contributed by atoms with E-state index < -0.39 is 0 Å². The third kappa shape index (κ3) is 4.83. The zero-order valence-electron chi connectivity index (χ0n) is 15.5. The van der Waals surface area contributed by atoms with Crippen molar-refractivity contribution in [2.45, 2.75) is 0 Å². The summed E-state index contributed by atoms with van der Waals surface area (Å²) in [6, 6.07) is 13.8. The number of benzene rings is 2. The standard InChI is InChI=1S/C21H23BrN2O3/c1-26-18-7-5-17(6-8-18)23-11-13-24(14-12-23)21(25)10-4-16-3-9-20(27-2)19(22)15-16/h3-10,15H,11-14H2,1-2H3. The maximum atomic E-state index is 12.5. The molecule has 2 aromatic rings. The fourth-order valence-corrected chi connectivity index (χ4v) is 3.60. The van der Waals surface area contributed by atoms with Gasteiger partial charge in [0.15, 0.2) is 0 Å². The number of carbonyl (C=O) groups is 1. The van der Waals surface area contributed by atoms with E-state index in [1.54, 1.807) is 20.3 Å². The van der Waals surface area contributed by atoms with E-state index in [0.29, 0.717) is 13.1 Å². The summed E-state index contributed by atoms with van der Waals surface area (Å²) in [5.74, 6) is 1.66. The Morgan fingerprint density at radius 3 is 2.30 bits per heavy atom. The summed E-state index contributed by atoms with van der Waals surface area (Å²) >= 11 is 3.46. The van der Waals surface area contributed by atoms with Gasteiger partial charge in [0.25, 0.3) is 0 Å². The van der Waals surface area contributed by atoms with Gasteiger partial charge in [0, 0.05) is 37.9 Å². The average molecular weight is 431 g/mol. The molecule has 0 spiro atoms. The number of halogens is 1. The molecule has 1 saturated heterocycles. The second kappa shape index (κ2) is 8.95. The van der Waals surface area contributed by atoms with Gasteiger partial charge in [-0.2, -0.15) is 0 Å². The largest absolute Gasteiger partial charge is 0.497 e. The highest BCUT2D eigenvalue weighted by atomic mass is 79.9. The number of anilines is 1. The quantitative estimate of drug-likeness (QED) is 0.675. The third-order valence-electron chi connectivity index (χ3n) is 4.62. The van der Waals surface area contributed by atoms with Gasteiger partial charge in [0.05, 0.1) is 18.7 Å². The molecular weight excluding hydrogens is 408 g/mol. The highest BCUT2D eigenvalue weighted by molar-refractivity contribution is 9.10. The molecule has 0 radical (unpaired) electrons. The second-order valence-corrected chi connectivity index (χ2v) is 7.09. The first kappa shape index (κ1) is 19.3. The van der Waals surface area contributed by atoms with Gasteiger partial charge in [-0.25, -0.2) is 0 Å². The summed E-state index contributed by atoms with van der Waals surface area (Å²) in [7, 11) is 3.29. The van der Waals surface area contributed by atoms with Crippen molar-refractivity contribution < 1.29 is 14.3 Å². The third-order valence-corrected chi connectivity index (χ3v) is 5.24. The number of nitrogens with zero attached hydrogens (tertiary/aromatic N) is 2. The normalized spacial score (nSPS) is 14.5. The molecule has 1 amide bonds. The van der Waals surface area contributed by atoms with Gasteiger partial charge in [-0.1, -0.05) is 6.07 Å². The molecule has 0 atom stereocenters. The van der Waals surface area contributed by atoms with Crippen LogP contribution in [0, 0.1) is 0 Å². The predicted molar refractivity (Wildman–Crippen MR) is 112 cm³/mol. The van der Waals surface area contributed by atoms with E-state index in [1.165, 1.54) is 0 Å². The van der Waals surface area contributed by atoms with Crippen molar-refractivity contribution in [2.75, 3.05) is 45.3 Å². The Kier molecular flexibility index (Phi) is 6.40. The van der Waals surface area contributed by atoms with Gasteiger partial charge < -0.3 is 19.3 Å². The lowest BCUT2D eigenvalue weighted by Crippen LogP contribution is -2.48. The summed E-state index contributed by atoms with van der Waals surface area (Å²) in [5, 5.41) is 0. The van der Waals surface area contributed by atoms with E-state index in [-0.39, 0.29) is 5.91 Å². The number of methoxy groups -OCH3 is 2. The zero-order chi connectivity index (χ0) is 19.2. The smallest absolute Gasteiger partial charge is 0.246 e. The molecule has 142 valence electrons. The van der Waals surface area contributed by atoms with Gasteiger partial charge in [-0.05, 0) is 64.0 Å². The number of hydrogen-bond acceptors (Lipinski definition) is 4. The minimum absolute atomic E-state index is 0.0383. The van der Waals surface area contributed by atoms with Crippen LogP contribution in [-0.2, 0) is 4.79 Å². The molecule has 27 heavy (non-hydrogen) atoms. The van der Waals surface area contributed by atoms with Crippen LogP contribution < -0.4 is 14.4 Å². The molecule has 1 aliphatic heterocycles. The molecule has 0 aliphatic carbocycles. The summed E-state index contributed by atoms with van der Waals surface area (Å²) in [5.41, 5.74) is 2.11. The average Bonchev–Trinajstić information content (AvgIpc) is 2.72. The van der Waals surface area contributed by atoms with Crippen LogP contribution in [0.2, 0.25) is 0 Å². The number of piperazine rings is 1. The Labute approximate surface area is 168 Å². The molecule has 0 unspecified atom stereocenters. The zero-order valence-corrected chi connectivity index (χ0v) is 17.1. The maximum absolute atomic E-state index is 12.5. The highest BCUT2D eigenvalue weighted by Crippen LogP contribution is 2.26. The van der Waals surface area contributed by atoms with Crippen LogP contribution in [0.15, 0.2) is 53.0 Å². The van der Waals surface area contributed by atoms with Crippen LogP contribution in [-0.4, -0.2) is 51.2 Å². The minimum atomic E-state index is 0.0383. The summed E-state index contributed by atoms with van der Waals surface area (Å²) in [4.78, 5) is 16.6. The molecule has 3 rings (SSSR count). The lowest BCUT2D eigenvalue weighted by molar-refractivity contribution is -0.126. The van der Waals surface area contributed by atoms with E-state index in [1.807, 2.05) is 41.3 Å². The van der Waals surface area contributed by atoms with Crippen LogP contribution in [0.1, 0.15) is 5.56 Å². The molecule has 0 N–H and O–H groups in total. The van der Waals surface area contributed by atoms with E-state index in [9.17, 15) is 4.79 Å². The van der Waals surface area contributed by atoms with Gasteiger partial charge in [0.2, 0.25) is 5.91 Å². The van der Waals surface area contributed by atoms with E-state index in [2.05, 4.69) is 33.0 Å². The van der Waals surface area contributed by atoms with Crippen molar-refractivity contribution in [1.29, 1.82) is 0 Å². The van der Waals surface area contributed by atoms with Crippen molar-refractivity contribution in [3.63, 3.8) is 0 Å². The summed E-state index contributed by atoms with van der Waals surface area (Å²) in [6.07, 6.45) is 3.47. The number of rotatable bonds is 5. The Hall–Kier alpha value is -2.47. The van der Waals surface area contributed by atoms with E-state index >= 15 is 0 Å². The monoisotopic (exact) mass is 430 g/mol. The summed E-state index contributed by atoms with van der Waals surface area (Å²) in [6.45, 7) is 3.06. The Morgan fingerprint density at radius 2 is 1.70 bits per heavy atom. The van der Waals surface area contributed by atoms with Crippen LogP contribution >= 0.6 is 15.9 Å². The van der Waals surface area contributed by atoms with Crippen LogP contribution in [0.3, 0.4) is 0 Å². The Morgan fingerprint density at radius 1 is 1.00 bits per heavy atom. The van der Waals surface area contributed by atoms with E-state index in [4.69, 9.17) is 9.47 Å². The molecule has 5 nitrogen and oxygen atoms in total. The molecule has 0 bridgehead atoms. The lowest BCUT2D eigenvalue weighted by Gasteiger charge is -2.35. The number of hydrogen-bond donors (Lipinski definition) is 0. The van der Waals surface area contributed by atoms with E-state index in [0.717, 1.165) is 40.3 Å². The molecule has 0 saturated carbocycles. The first-order valence-corrected chi connectivity index (χ1v) is 9.59. The van der Waals surface area contributed by atoms with Crippen molar-refractivity contribution >= 4 is 33.6 Å². The Bertz CT molecular complexity index is 813. The predicted octanol–water partition coefficient (Wildman–Crippen LogP) is 3.83. The van der Waals surface area contributed by atoms with Crippen LogP contribution in [0.4, 0.5) is 5.69 Å². The molecule has 2 aromatic carbocycles. The fraction of sp³-hybridized carbons (Fsp3) is 0.286. The van der Waals surface area contributed by atoms with Crippen molar-refractivity contribution in [2.24, 2.45) is 0 Å². The van der Waals surface area contributed by atoms with Gasteiger partial charge in [0.1, 0.15) is 11.5 Å². The Balaban J connectivity index is 1.55. The van der Waals surface area contributed by atoms with Gasteiger partial charge >= 0.3 is 0 Å². The van der Waals surface area contributed by atoms with Crippen LogP contribution in [0.25, 0.3) is 6.08 Å². The number of carbonyl (C=O) groups excluding carboxylic acids is 1. The second-order valence-electron chi connectivity index (χ2n) is 6.24. The highest BCUT2D eigenvalue weighted by Gasteiger charge is 2.19. The van der Waals surface area contributed by atoms with Crippen molar-refractivity contribution in [3.8, 4) is 11.5 Å². The first-order valence-electron chi connectivity index (χ1n) is 8.80. The topological polar surface area (TPSA) is 42.0 Å².